The lowest BCUT2D eigenvalue weighted by atomic mass is 10.3. The minimum Gasteiger partial charge on any atom is -0.504 e. The van der Waals surface area contributed by atoms with Crippen LogP contribution in [-0.2, 0) is 0 Å². The van der Waals surface area contributed by atoms with Crippen molar-refractivity contribution in [1.82, 2.24) is 15.2 Å². The summed E-state index contributed by atoms with van der Waals surface area (Å²) in [6, 6.07) is 6.78. The molecule has 0 atom stereocenters. The third-order valence-electron chi connectivity index (χ3n) is 2.18. The first-order valence-electron chi connectivity index (χ1n) is 4.92. The van der Waals surface area contributed by atoms with Crippen LogP contribution < -0.4 is 5.43 Å². The van der Waals surface area contributed by atoms with Crippen molar-refractivity contribution in [3.8, 4) is 11.4 Å². The molecule has 0 aliphatic heterocycles. The van der Waals surface area contributed by atoms with Crippen LogP contribution in [0.15, 0.2) is 35.6 Å². The highest BCUT2D eigenvalue weighted by atomic mass is 35.5. The molecule has 1 aromatic heterocycles. The lowest BCUT2D eigenvalue weighted by molar-refractivity contribution is 0.0947. The monoisotopic (exact) mass is 264 g/mol. The predicted molar refractivity (Wildman–Crippen MR) is 67.3 cm³/mol. The molecule has 7 heteroatoms. The topological polar surface area (TPSA) is 79.5 Å². The van der Waals surface area contributed by atoms with Gasteiger partial charge in [0, 0.05) is 11.7 Å². The Morgan fingerprint density at radius 1 is 1.44 bits per heavy atom. The first-order valence-corrected chi connectivity index (χ1v) is 5.30. The number of nitrogens with one attached hydrogen (secondary N) is 1. The van der Waals surface area contributed by atoms with Crippen molar-refractivity contribution in [2.24, 2.45) is 5.10 Å². The van der Waals surface area contributed by atoms with E-state index in [4.69, 9.17) is 11.6 Å². The van der Waals surface area contributed by atoms with Crippen LogP contribution in [0, 0.1) is 0 Å². The van der Waals surface area contributed by atoms with Crippen molar-refractivity contribution in [1.29, 1.82) is 0 Å². The number of hydrazone groups is 1. The number of hydrogen-bond donors (Lipinski definition) is 2. The van der Waals surface area contributed by atoms with Gasteiger partial charge >= 0.3 is 0 Å². The molecule has 0 unspecified atom stereocenters. The minimum atomic E-state index is -0.629. The summed E-state index contributed by atoms with van der Waals surface area (Å²) in [6.45, 7) is 3.12. The number of halogens is 1. The van der Waals surface area contributed by atoms with E-state index >= 15 is 0 Å². The average molecular weight is 265 g/mol. The van der Waals surface area contributed by atoms with Gasteiger partial charge in [0.2, 0.25) is 0 Å². The van der Waals surface area contributed by atoms with E-state index in [9.17, 15) is 9.90 Å². The number of rotatable bonds is 3. The zero-order valence-electron chi connectivity index (χ0n) is 9.17. The molecule has 0 aliphatic carbocycles. The third-order valence-corrected chi connectivity index (χ3v) is 2.43. The summed E-state index contributed by atoms with van der Waals surface area (Å²) in [7, 11) is 0. The van der Waals surface area contributed by atoms with E-state index in [1.54, 1.807) is 24.3 Å². The van der Waals surface area contributed by atoms with Crippen LogP contribution in [0.25, 0.3) is 5.69 Å². The van der Waals surface area contributed by atoms with Crippen molar-refractivity contribution in [3.05, 3.63) is 41.2 Å². The molecule has 0 saturated heterocycles. The van der Waals surface area contributed by atoms with Crippen molar-refractivity contribution in [2.45, 2.75) is 0 Å². The zero-order chi connectivity index (χ0) is 13.1. The van der Waals surface area contributed by atoms with Gasteiger partial charge in [0.05, 0.1) is 11.9 Å². The van der Waals surface area contributed by atoms with Crippen LogP contribution >= 0.6 is 11.6 Å². The Morgan fingerprint density at radius 3 is 2.72 bits per heavy atom. The molecule has 0 fully saturated rings. The largest absolute Gasteiger partial charge is 0.504 e. The molecule has 6 nitrogen and oxygen atoms in total. The van der Waals surface area contributed by atoms with Crippen LogP contribution in [0.5, 0.6) is 5.75 Å². The second-order valence-corrected chi connectivity index (χ2v) is 3.82. The fourth-order valence-corrected chi connectivity index (χ4v) is 1.50. The van der Waals surface area contributed by atoms with E-state index in [-0.39, 0.29) is 11.4 Å². The number of aromatic hydroxyl groups is 1. The van der Waals surface area contributed by atoms with E-state index in [2.05, 4.69) is 22.3 Å². The molecule has 0 saturated carbocycles. The number of nitrogens with zero attached hydrogens (tertiary/aromatic N) is 3. The summed E-state index contributed by atoms with van der Waals surface area (Å²) in [5, 5.41) is 17.4. The molecule has 0 spiro atoms. The van der Waals surface area contributed by atoms with E-state index < -0.39 is 5.91 Å². The van der Waals surface area contributed by atoms with E-state index in [0.717, 1.165) is 0 Å². The highest BCUT2D eigenvalue weighted by Gasteiger charge is 2.16. The summed E-state index contributed by atoms with van der Waals surface area (Å²) in [5.74, 6) is -0.874. The summed E-state index contributed by atoms with van der Waals surface area (Å²) in [5.41, 5.74) is 2.63. The van der Waals surface area contributed by atoms with E-state index in [1.807, 2.05) is 0 Å². The molecule has 0 radical (unpaired) electrons. The maximum Gasteiger partial charge on any atom is 0.295 e. The minimum absolute atomic E-state index is 0.127. The fraction of sp³-hybridized carbons (Fsp3) is 0. The van der Waals surface area contributed by atoms with Crippen LogP contribution in [0.3, 0.4) is 0 Å². The standard InChI is InChI=1S/C11H9ClN4O2/c1-13-14-11(18)10-9(17)6-16(15-10)8-4-2-7(12)3-5-8/h2-6,17H,1H2,(H,14,18). The lowest BCUT2D eigenvalue weighted by Gasteiger charge is -2.00. The van der Waals surface area contributed by atoms with E-state index in [0.29, 0.717) is 10.7 Å². The van der Waals surface area contributed by atoms with Gasteiger partial charge in [0.1, 0.15) is 0 Å². The molecule has 0 aliphatic rings. The summed E-state index contributed by atoms with van der Waals surface area (Å²) in [4.78, 5) is 11.5. The molecule has 1 amide bonds. The third kappa shape index (κ3) is 2.33. The van der Waals surface area contributed by atoms with Gasteiger partial charge in [0.15, 0.2) is 11.4 Å². The van der Waals surface area contributed by atoms with Crippen molar-refractivity contribution in [3.63, 3.8) is 0 Å². The molecular weight excluding hydrogens is 256 g/mol. The van der Waals surface area contributed by atoms with Crippen LogP contribution in [-0.4, -0.2) is 27.5 Å². The maximum atomic E-state index is 11.5. The van der Waals surface area contributed by atoms with Crippen LogP contribution in [0.1, 0.15) is 10.5 Å². The average Bonchev–Trinajstić information content (AvgIpc) is 2.72. The van der Waals surface area contributed by atoms with Gasteiger partial charge in [-0.05, 0) is 24.3 Å². The first kappa shape index (κ1) is 12.1. The van der Waals surface area contributed by atoms with Crippen molar-refractivity contribution >= 4 is 24.2 Å². The normalized spacial score (nSPS) is 10.1. The Kier molecular flexibility index (Phi) is 3.29. The van der Waals surface area contributed by atoms with Gasteiger partial charge < -0.3 is 5.11 Å². The molecular formula is C11H9ClN4O2. The Bertz CT molecular complexity index is 592. The molecule has 1 heterocycles. The van der Waals surface area contributed by atoms with Crippen molar-refractivity contribution < 1.29 is 9.90 Å². The van der Waals surface area contributed by atoms with Crippen LogP contribution in [0.2, 0.25) is 5.02 Å². The van der Waals surface area contributed by atoms with Gasteiger partial charge in [0.25, 0.3) is 5.91 Å². The van der Waals surface area contributed by atoms with Crippen molar-refractivity contribution in [2.75, 3.05) is 0 Å². The molecule has 2 aromatic rings. The number of carbonyl (C=O) groups excluding carboxylic acids is 1. The SMILES string of the molecule is C=NNC(=O)c1nn(-c2ccc(Cl)cc2)cc1O. The number of hydrogen-bond acceptors (Lipinski definition) is 4. The molecule has 1 aromatic carbocycles. The molecule has 18 heavy (non-hydrogen) atoms. The summed E-state index contributed by atoms with van der Waals surface area (Å²) < 4.78 is 1.36. The molecule has 0 bridgehead atoms. The Balaban J connectivity index is 2.36. The van der Waals surface area contributed by atoms with Gasteiger partial charge in [-0.3, -0.25) is 4.79 Å². The smallest absolute Gasteiger partial charge is 0.295 e. The van der Waals surface area contributed by atoms with Gasteiger partial charge in [-0.25, -0.2) is 10.1 Å². The molecule has 2 N–H and O–H groups in total. The highest BCUT2D eigenvalue weighted by molar-refractivity contribution is 6.30. The Labute approximate surface area is 107 Å². The summed E-state index contributed by atoms with van der Waals surface area (Å²) >= 11 is 5.76. The maximum absolute atomic E-state index is 11.5. The number of aromatic nitrogens is 2. The molecule has 2 rings (SSSR count). The Morgan fingerprint density at radius 2 is 2.11 bits per heavy atom. The Hall–Kier alpha value is -2.34. The fourth-order valence-electron chi connectivity index (χ4n) is 1.38. The zero-order valence-corrected chi connectivity index (χ0v) is 9.92. The lowest BCUT2D eigenvalue weighted by Crippen LogP contribution is -2.17. The summed E-state index contributed by atoms with van der Waals surface area (Å²) in [6.07, 6.45) is 1.32. The van der Waals surface area contributed by atoms with Crippen LogP contribution in [0.4, 0.5) is 0 Å². The van der Waals surface area contributed by atoms with E-state index in [1.165, 1.54) is 10.9 Å². The van der Waals surface area contributed by atoms with Gasteiger partial charge in [-0.15, -0.1) is 0 Å². The second kappa shape index (κ2) is 4.89. The number of carbonyl (C=O) groups is 1. The highest BCUT2D eigenvalue weighted by Crippen LogP contribution is 2.19. The predicted octanol–water partition coefficient (Wildman–Crippen LogP) is 1.58. The van der Waals surface area contributed by atoms with Gasteiger partial charge in [-0.2, -0.15) is 10.2 Å². The number of benzene rings is 1. The number of amides is 1. The second-order valence-electron chi connectivity index (χ2n) is 3.38. The first-order chi connectivity index (χ1) is 8.61. The quantitative estimate of drug-likeness (QED) is 0.652. The van der Waals surface area contributed by atoms with Gasteiger partial charge in [-0.1, -0.05) is 11.6 Å². The molecule has 92 valence electrons.